The quantitative estimate of drug-likeness (QED) is 0.605. The average molecular weight is 296 g/mol. The molecule has 2 aromatic heterocycles. The van der Waals surface area contributed by atoms with Crippen molar-refractivity contribution in [3.05, 3.63) is 53.7 Å². The Kier molecular flexibility index (Phi) is 6.21. The number of nitrogens with two attached hydrogens (primary N) is 1. The first-order chi connectivity index (χ1) is 9.19. The smallest absolute Gasteiger partial charge is 0.287 e. The number of hydrogen-bond donors (Lipinski definition) is 2. The Hall–Kier alpha value is -1.85. The van der Waals surface area contributed by atoms with Crippen molar-refractivity contribution in [3.63, 3.8) is 0 Å². The highest BCUT2D eigenvalue weighted by atomic mass is 35.5. The van der Waals surface area contributed by atoms with E-state index in [0.717, 1.165) is 5.76 Å². The molecule has 0 fully saturated rings. The Labute approximate surface area is 124 Å². The number of carbonyl (C=O) groups excluding carboxylic acids is 1. The van der Waals surface area contributed by atoms with Crippen LogP contribution in [0.15, 0.2) is 41.1 Å². The van der Waals surface area contributed by atoms with Crippen molar-refractivity contribution in [2.24, 2.45) is 5.73 Å². The normalized spacial score (nSPS) is 9.90. The summed E-state index contributed by atoms with van der Waals surface area (Å²) in [5, 5.41) is 2.67. The molecule has 0 aliphatic heterocycles. The molecular formula is C14H18ClN3O2. The molecule has 3 N–H and O–H groups in total. The van der Waals surface area contributed by atoms with E-state index in [4.69, 9.17) is 10.2 Å². The van der Waals surface area contributed by atoms with Gasteiger partial charge in [0.1, 0.15) is 0 Å². The second kappa shape index (κ2) is 7.67. The number of carbonyl (C=O) groups is 1. The summed E-state index contributed by atoms with van der Waals surface area (Å²) in [5.41, 5.74) is 6.53. The minimum Gasteiger partial charge on any atom is -1.00 e. The second-order valence-electron chi connectivity index (χ2n) is 4.36. The molecule has 2 aromatic rings. The molecule has 0 unspecified atom stereocenters. The number of amides is 1. The van der Waals surface area contributed by atoms with E-state index < -0.39 is 0 Å². The van der Waals surface area contributed by atoms with E-state index in [-0.39, 0.29) is 18.3 Å². The van der Waals surface area contributed by atoms with Crippen molar-refractivity contribution in [1.29, 1.82) is 0 Å². The molecule has 20 heavy (non-hydrogen) atoms. The van der Waals surface area contributed by atoms with Crippen LogP contribution in [0.4, 0.5) is 0 Å². The Morgan fingerprint density at radius 2 is 2.00 bits per heavy atom. The van der Waals surface area contributed by atoms with Crippen molar-refractivity contribution < 1.29 is 26.2 Å². The molecule has 0 bridgehead atoms. The van der Waals surface area contributed by atoms with Gasteiger partial charge in [-0.25, -0.2) is 0 Å². The van der Waals surface area contributed by atoms with Crippen LogP contribution in [0.5, 0.6) is 0 Å². The number of aryl methyl sites for hydroxylation is 1. The lowest BCUT2D eigenvalue weighted by atomic mass is 10.3. The largest absolute Gasteiger partial charge is 1.00 e. The van der Waals surface area contributed by atoms with Crippen molar-refractivity contribution in [3.8, 4) is 0 Å². The third-order valence-electron chi connectivity index (χ3n) is 2.71. The molecule has 5 nitrogen and oxygen atoms in total. The lowest BCUT2D eigenvalue weighted by Crippen LogP contribution is -3.00. The number of rotatable bonds is 5. The first-order valence-corrected chi connectivity index (χ1v) is 6.22. The van der Waals surface area contributed by atoms with E-state index in [9.17, 15) is 4.79 Å². The summed E-state index contributed by atoms with van der Waals surface area (Å²) in [6, 6.07) is 7.54. The van der Waals surface area contributed by atoms with Crippen LogP contribution in [0.1, 0.15) is 21.9 Å². The van der Waals surface area contributed by atoms with Gasteiger partial charge in [-0.1, -0.05) is 0 Å². The molecule has 108 valence electrons. The molecule has 6 heteroatoms. The molecule has 0 saturated heterocycles. The highest BCUT2D eigenvalue weighted by Crippen LogP contribution is 2.07. The van der Waals surface area contributed by atoms with Gasteiger partial charge in [0.15, 0.2) is 23.9 Å². The molecule has 0 spiro atoms. The monoisotopic (exact) mass is 295 g/mol. The number of furan rings is 1. The first kappa shape index (κ1) is 16.2. The van der Waals surface area contributed by atoms with Gasteiger partial charge in [0.05, 0.1) is 0 Å². The predicted octanol–water partition coefficient (Wildman–Crippen LogP) is -2.38. The van der Waals surface area contributed by atoms with Crippen LogP contribution in [0, 0.1) is 6.92 Å². The second-order valence-corrected chi connectivity index (χ2v) is 4.36. The van der Waals surface area contributed by atoms with Crippen molar-refractivity contribution in [2.45, 2.75) is 13.5 Å². The summed E-state index contributed by atoms with van der Waals surface area (Å²) in [5.74, 6) is 0.827. The van der Waals surface area contributed by atoms with E-state index in [1.165, 1.54) is 5.56 Å². The van der Waals surface area contributed by atoms with Crippen LogP contribution in [0.2, 0.25) is 0 Å². The standard InChI is InChI=1S/C14H17N3O2.ClH/c1-11-4-8-17(9-5-11)10-12-2-3-13(19-12)14(18)16-7-6-15;/h2-5,8-9H,6-7,10,15H2,1H3;1H. The van der Waals surface area contributed by atoms with Gasteiger partial charge in [0.25, 0.3) is 5.91 Å². The van der Waals surface area contributed by atoms with Crippen LogP contribution in [-0.4, -0.2) is 19.0 Å². The highest BCUT2D eigenvalue weighted by Gasteiger charge is 2.12. The van der Waals surface area contributed by atoms with Crippen molar-refractivity contribution in [1.82, 2.24) is 5.32 Å². The van der Waals surface area contributed by atoms with Crippen LogP contribution in [0.3, 0.4) is 0 Å². The van der Waals surface area contributed by atoms with E-state index in [0.29, 0.717) is 25.4 Å². The van der Waals surface area contributed by atoms with Gasteiger partial charge in [0, 0.05) is 25.2 Å². The summed E-state index contributed by atoms with van der Waals surface area (Å²) in [6.07, 6.45) is 3.96. The number of halogens is 1. The summed E-state index contributed by atoms with van der Waals surface area (Å²) in [6.45, 7) is 3.50. The summed E-state index contributed by atoms with van der Waals surface area (Å²) < 4.78 is 7.50. The van der Waals surface area contributed by atoms with Crippen LogP contribution >= 0.6 is 0 Å². The third-order valence-corrected chi connectivity index (χ3v) is 2.71. The minimum atomic E-state index is -0.231. The summed E-state index contributed by atoms with van der Waals surface area (Å²) >= 11 is 0. The van der Waals surface area contributed by atoms with Gasteiger partial charge in [-0.05, 0) is 24.6 Å². The number of nitrogens with zero attached hydrogens (tertiary/aromatic N) is 1. The lowest BCUT2D eigenvalue weighted by molar-refractivity contribution is -0.690. The Morgan fingerprint density at radius 3 is 2.65 bits per heavy atom. The number of pyridine rings is 1. The average Bonchev–Trinajstić information content (AvgIpc) is 2.87. The number of aromatic nitrogens is 1. The molecule has 0 aliphatic rings. The maximum Gasteiger partial charge on any atom is 0.287 e. The Morgan fingerprint density at radius 1 is 1.30 bits per heavy atom. The molecule has 0 atom stereocenters. The number of nitrogens with one attached hydrogen (secondary N) is 1. The van der Waals surface area contributed by atoms with Crippen molar-refractivity contribution in [2.75, 3.05) is 13.1 Å². The fourth-order valence-corrected chi connectivity index (χ4v) is 1.67. The summed E-state index contributed by atoms with van der Waals surface area (Å²) in [7, 11) is 0. The molecule has 0 aliphatic carbocycles. The SMILES string of the molecule is Cc1cc[n+](Cc2ccc(C(=O)NCCN)o2)cc1.[Cl-]. The predicted molar refractivity (Wildman–Crippen MR) is 70.6 cm³/mol. The van der Waals surface area contributed by atoms with Gasteiger partial charge >= 0.3 is 0 Å². The van der Waals surface area contributed by atoms with Gasteiger partial charge < -0.3 is 27.9 Å². The molecule has 0 radical (unpaired) electrons. The Bertz CT molecular complexity index is 552. The number of hydrogen-bond acceptors (Lipinski definition) is 3. The minimum absolute atomic E-state index is 0. The Balaban J connectivity index is 0.00000200. The molecule has 2 rings (SSSR count). The zero-order valence-electron chi connectivity index (χ0n) is 11.3. The van der Waals surface area contributed by atoms with Crippen molar-refractivity contribution >= 4 is 5.91 Å². The van der Waals surface area contributed by atoms with Crippen LogP contribution in [0.25, 0.3) is 0 Å². The van der Waals surface area contributed by atoms with Gasteiger partial charge in [0.2, 0.25) is 6.54 Å². The summed E-state index contributed by atoms with van der Waals surface area (Å²) in [4.78, 5) is 11.6. The highest BCUT2D eigenvalue weighted by molar-refractivity contribution is 5.91. The third kappa shape index (κ3) is 4.36. The van der Waals surface area contributed by atoms with Gasteiger partial charge in [-0.15, -0.1) is 0 Å². The zero-order chi connectivity index (χ0) is 13.7. The fraction of sp³-hybridized carbons (Fsp3) is 0.286. The fourth-order valence-electron chi connectivity index (χ4n) is 1.67. The molecule has 0 aromatic carbocycles. The van der Waals surface area contributed by atoms with Gasteiger partial charge in [-0.3, -0.25) is 4.79 Å². The van der Waals surface area contributed by atoms with Gasteiger partial charge in [-0.2, -0.15) is 4.57 Å². The molecule has 0 saturated carbocycles. The lowest BCUT2D eigenvalue weighted by Gasteiger charge is -1.99. The molecule has 2 heterocycles. The maximum atomic E-state index is 11.6. The maximum absolute atomic E-state index is 11.6. The van der Waals surface area contributed by atoms with E-state index in [1.807, 2.05) is 42.1 Å². The van der Waals surface area contributed by atoms with Crippen LogP contribution in [-0.2, 0) is 6.54 Å². The van der Waals surface area contributed by atoms with E-state index in [2.05, 4.69) is 5.32 Å². The molecular weight excluding hydrogens is 278 g/mol. The first-order valence-electron chi connectivity index (χ1n) is 6.22. The zero-order valence-corrected chi connectivity index (χ0v) is 12.1. The van der Waals surface area contributed by atoms with Crippen LogP contribution < -0.4 is 28.0 Å². The topological polar surface area (TPSA) is 72.1 Å². The van der Waals surface area contributed by atoms with E-state index >= 15 is 0 Å². The van der Waals surface area contributed by atoms with E-state index in [1.54, 1.807) is 6.07 Å². The molecule has 1 amide bonds.